The second-order valence-electron chi connectivity index (χ2n) is 8.40. The first kappa shape index (κ1) is 23.6. The molecule has 178 valence electrons. The third kappa shape index (κ3) is 5.34. The van der Waals surface area contributed by atoms with Gasteiger partial charge in [0.2, 0.25) is 15.9 Å². The highest BCUT2D eigenvalue weighted by Gasteiger charge is 2.37. The summed E-state index contributed by atoms with van der Waals surface area (Å²) in [5.74, 6) is -0.998. The van der Waals surface area contributed by atoms with Gasteiger partial charge in [-0.25, -0.2) is 12.8 Å². The molecule has 0 spiro atoms. The standard InChI is InChI=1S/C23H28FN3O5S/c1-16-22(21(32-26-16)11-10-17-6-2-3-9-20(17)24)33(29,30)27-12-4-7-18(15-27)23(28)25-14-19-8-5-13-31-19/h2-3,6,9-11,18-19H,4-5,7-8,12-15H2,1H3,(H,25,28)/b11-10+/t18-,19-/m0/s1. The topological polar surface area (TPSA) is 102 Å². The number of sulfonamides is 1. The fraction of sp³-hybridized carbons (Fsp3) is 0.478. The van der Waals surface area contributed by atoms with Crippen molar-refractivity contribution in [1.29, 1.82) is 0 Å². The monoisotopic (exact) mass is 477 g/mol. The van der Waals surface area contributed by atoms with E-state index in [1.54, 1.807) is 25.1 Å². The molecular formula is C23H28FN3O5S. The highest BCUT2D eigenvalue weighted by molar-refractivity contribution is 7.89. The second kappa shape index (κ2) is 10.1. The summed E-state index contributed by atoms with van der Waals surface area (Å²) in [6.07, 6.45) is 5.98. The zero-order valence-corrected chi connectivity index (χ0v) is 19.3. The molecule has 0 saturated carbocycles. The molecule has 0 bridgehead atoms. The first-order valence-corrected chi connectivity index (χ1v) is 12.6. The number of hydrogen-bond donors (Lipinski definition) is 1. The van der Waals surface area contributed by atoms with Gasteiger partial charge in [0.1, 0.15) is 11.5 Å². The maximum atomic E-state index is 13.9. The van der Waals surface area contributed by atoms with E-state index in [0.717, 1.165) is 12.8 Å². The maximum Gasteiger partial charge on any atom is 0.248 e. The van der Waals surface area contributed by atoms with Crippen LogP contribution in [-0.2, 0) is 19.6 Å². The molecule has 3 heterocycles. The van der Waals surface area contributed by atoms with Gasteiger partial charge < -0.3 is 14.6 Å². The van der Waals surface area contributed by atoms with E-state index in [0.29, 0.717) is 38.1 Å². The van der Waals surface area contributed by atoms with Gasteiger partial charge in [-0.2, -0.15) is 4.31 Å². The molecule has 33 heavy (non-hydrogen) atoms. The largest absolute Gasteiger partial charge is 0.376 e. The number of aromatic nitrogens is 1. The molecule has 2 saturated heterocycles. The van der Waals surface area contributed by atoms with Crippen LogP contribution >= 0.6 is 0 Å². The number of nitrogens with one attached hydrogen (secondary N) is 1. The minimum atomic E-state index is -3.96. The Kier molecular flexibility index (Phi) is 7.26. The fourth-order valence-corrected chi connectivity index (χ4v) is 6.02. The van der Waals surface area contributed by atoms with E-state index in [-0.39, 0.29) is 34.9 Å². The van der Waals surface area contributed by atoms with Crippen molar-refractivity contribution in [3.05, 3.63) is 47.1 Å². The van der Waals surface area contributed by atoms with Crippen LogP contribution in [0, 0.1) is 18.7 Å². The Morgan fingerprint density at radius 1 is 1.27 bits per heavy atom. The lowest BCUT2D eigenvalue weighted by Gasteiger charge is -2.31. The van der Waals surface area contributed by atoms with Gasteiger partial charge in [-0.15, -0.1) is 0 Å². The zero-order valence-electron chi connectivity index (χ0n) is 18.5. The summed E-state index contributed by atoms with van der Waals surface area (Å²) in [4.78, 5) is 12.6. The van der Waals surface area contributed by atoms with Crippen LogP contribution in [0.5, 0.6) is 0 Å². The first-order valence-electron chi connectivity index (χ1n) is 11.1. The predicted molar refractivity (Wildman–Crippen MR) is 120 cm³/mol. The molecule has 2 aliphatic rings. The molecule has 1 aromatic carbocycles. The zero-order chi connectivity index (χ0) is 23.4. The van der Waals surface area contributed by atoms with E-state index in [1.807, 2.05) is 0 Å². The SMILES string of the molecule is Cc1noc(/C=C/c2ccccc2F)c1S(=O)(=O)N1CCC[C@H](C(=O)NC[C@@H]2CCCO2)C1. The van der Waals surface area contributed by atoms with Crippen molar-refractivity contribution in [1.82, 2.24) is 14.8 Å². The Bertz CT molecular complexity index is 1120. The van der Waals surface area contributed by atoms with Gasteiger partial charge in [0.25, 0.3) is 0 Å². The van der Waals surface area contributed by atoms with Crippen molar-refractivity contribution in [3.8, 4) is 0 Å². The molecule has 2 aromatic rings. The van der Waals surface area contributed by atoms with Crippen LogP contribution in [0.1, 0.15) is 42.7 Å². The minimum Gasteiger partial charge on any atom is -0.376 e. The second-order valence-corrected chi connectivity index (χ2v) is 10.3. The van der Waals surface area contributed by atoms with Crippen molar-refractivity contribution < 1.29 is 26.9 Å². The third-order valence-corrected chi connectivity index (χ3v) is 8.06. The quantitative estimate of drug-likeness (QED) is 0.658. The van der Waals surface area contributed by atoms with E-state index >= 15 is 0 Å². The predicted octanol–water partition coefficient (Wildman–Crippen LogP) is 2.99. The molecule has 0 unspecified atom stereocenters. The molecule has 1 N–H and O–H groups in total. The van der Waals surface area contributed by atoms with Gasteiger partial charge in [-0.05, 0) is 50.8 Å². The molecular weight excluding hydrogens is 449 g/mol. The number of nitrogens with zero attached hydrogens (tertiary/aromatic N) is 2. The van der Waals surface area contributed by atoms with E-state index in [9.17, 15) is 17.6 Å². The van der Waals surface area contributed by atoms with Crippen LogP contribution < -0.4 is 5.32 Å². The van der Waals surface area contributed by atoms with Crippen LogP contribution in [0.15, 0.2) is 33.7 Å². The van der Waals surface area contributed by atoms with Crippen molar-refractivity contribution in [2.45, 2.75) is 43.6 Å². The van der Waals surface area contributed by atoms with Crippen molar-refractivity contribution in [2.24, 2.45) is 5.92 Å². The van der Waals surface area contributed by atoms with E-state index in [4.69, 9.17) is 9.26 Å². The van der Waals surface area contributed by atoms with E-state index < -0.39 is 21.8 Å². The molecule has 1 aromatic heterocycles. The average molecular weight is 478 g/mol. The molecule has 0 radical (unpaired) electrons. The Morgan fingerprint density at radius 3 is 2.85 bits per heavy atom. The van der Waals surface area contributed by atoms with Crippen LogP contribution in [0.4, 0.5) is 4.39 Å². The maximum absolute atomic E-state index is 13.9. The van der Waals surface area contributed by atoms with Gasteiger partial charge in [0.05, 0.1) is 12.0 Å². The Hall–Kier alpha value is -2.56. The van der Waals surface area contributed by atoms with Gasteiger partial charge in [0, 0.05) is 31.8 Å². The van der Waals surface area contributed by atoms with E-state index in [2.05, 4.69) is 10.5 Å². The number of ether oxygens (including phenoxy) is 1. The van der Waals surface area contributed by atoms with Crippen molar-refractivity contribution in [3.63, 3.8) is 0 Å². The normalized spacial score (nSPS) is 22.1. The summed E-state index contributed by atoms with van der Waals surface area (Å²) in [6.45, 7) is 3.09. The van der Waals surface area contributed by atoms with Crippen LogP contribution in [0.2, 0.25) is 0 Å². The lowest BCUT2D eigenvalue weighted by atomic mass is 9.99. The number of amides is 1. The molecule has 10 heteroatoms. The number of halogens is 1. The van der Waals surface area contributed by atoms with Crippen LogP contribution in [0.25, 0.3) is 12.2 Å². The number of carbonyl (C=O) groups is 1. The molecule has 2 aliphatic heterocycles. The number of benzene rings is 1. The molecule has 0 aliphatic carbocycles. The van der Waals surface area contributed by atoms with Crippen LogP contribution in [0.3, 0.4) is 0 Å². The van der Waals surface area contributed by atoms with Crippen molar-refractivity contribution in [2.75, 3.05) is 26.2 Å². The van der Waals surface area contributed by atoms with Gasteiger partial charge in [-0.1, -0.05) is 23.4 Å². The summed E-state index contributed by atoms with van der Waals surface area (Å²) in [5.41, 5.74) is 0.518. The highest BCUT2D eigenvalue weighted by Crippen LogP contribution is 2.29. The fourth-order valence-electron chi connectivity index (χ4n) is 4.24. The van der Waals surface area contributed by atoms with Gasteiger partial charge in [-0.3, -0.25) is 4.79 Å². The average Bonchev–Trinajstić information content (AvgIpc) is 3.47. The van der Waals surface area contributed by atoms with Gasteiger partial charge in [0.15, 0.2) is 10.7 Å². The number of rotatable bonds is 7. The smallest absolute Gasteiger partial charge is 0.248 e. The Balaban J connectivity index is 1.49. The number of piperidine rings is 1. The summed E-state index contributed by atoms with van der Waals surface area (Å²) >= 11 is 0. The Labute approximate surface area is 192 Å². The summed E-state index contributed by atoms with van der Waals surface area (Å²) < 4.78 is 53.0. The molecule has 4 rings (SSSR count). The lowest BCUT2D eigenvalue weighted by Crippen LogP contribution is -2.46. The third-order valence-electron chi connectivity index (χ3n) is 6.03. The molecule has 1 amide bonds. The summed E-state index contributed by atoms with van der Waals surface area (Å²) in [7, 11) is -3.96. The van der Waals surface area contributed by atoms with E-state index in [1.165, 1.54) is 22.5 Å². The van der Waals surface area contributed by atoms with Crippen LogP contribution in [-0.4, -0.2) is 56.1 Å². The highest BCUT2D eigenvalue weighted by atomic mass is 32.2. The minimum absolute atomic E-state index is 0.0284. The molecule has 2 fully saturated rings. The van der Waals surface area contributed by atoms with Gasteiger partial charge >= 0.3 is 0 Å². The number of carbonyl (C=O) groups excluding carboxylic acids is 1. The number of hydrogen-bond acceptors (Lipinski definition) is 6. The lowest BCUT2D eigenvalue weighted by molar-refractivity contribution is -0.126. The summed E-state index contributed by atoms with van der Waals surface area (Å²) in [5, 5.41) is 6.73. The number of aryl methyl sites for hydroxylation is 1. The molecule has 2 atom stereocenters. The van der Waals surface area contributed by atoms with Crippen molar-refractivity contribution >= 4 is 28.1 Å². The summed E-state index contributed by atoms with van der Waals surface area (Å²) in [6, 6.07) is 6.16. The first-order chi connectivity index (χ1) is 15.9. The Morgan fingerprint density at radius 2 is 2.09 bits per heavy atom. The molecule has 8 nitrogen and oxygen atoms in total.